The Morgan fingerprint density at radius 1 is 0.868 bits per heavy atom. The molecule has 2 amide bonds. The monoisotopic (exact) mass is 526 g/mol. The number of aliphatic carboxylic acids is 1. The van der Waals surface area contributed by atoms with Crippen LogP contribution in [0.3, 0.4) is 0 Å². The zero-order valence-electron chi connectivity index (χ0n) is 22.0. The van der Waals surface area contributed by atoms with E-state index in [1.54, 1.807) is 20.8 Å². The molecule has 1 aliphatic rings. The maximum Gasteiger partial charge on any atom is 0.408 e. The highest BCUT2D eigenvalue weighted by atomic mass is 16.6. The Labute approximate surface area is 221 Å². The summed E-state index contributed by atoms with van der Waals surface area (Å²) in [7, 11) is 1.19. The van der Waals surface area contributed by atoms with E-state index in [1.807, 2.05) is 48.5 Å². The van der Waals surface area contributed by atoms with Crippen LogP contribution in [0.25, 0.3) is 11.1 Å². The SMILES string of the molecule is COC(=O)[C@@H](CCC[C@H](NC(=O)OC(C)(C)C)C(=O)O)NC(=O)OCC1c2ccccc2-c2ccccc21. The fraction of sp³-hybridized carbons (Fsp3) is 0.429. The molecule has 204 valence electrons. The molecule has 0 aliphatic heterocycles. The van der Waals surface area contributed by atoms with Gasteiger partial charge in [0.2, 0.25) is 0 Å². The van der Waals surface area contributed by atoms with Crippen molar-refractivity contribution in [3.05, 3.63) is 59.7 Å². The molecule has 10 heteroatoms. The van der Waals surface area contributed by atoms with Crippen molar-refractivity contribution in [3.63, 3.8) is 0 Å². The van der Waals surface area contributed by atoms with Gasteiger partial charge in [-0.1, -0.05) is 48.5 Å². The molecule has 0 unspecified atom stereocenters. The van der Waals surface area contributed by atoms with Gasteiger partial charge in [-0.3, -0.25) is 0 Å². The highest BCUT2D eigenvalue weighted by Gasteiger charge is 2.30. The van der Waals surface area contributed by atoms with Gasteiger partial charge < -0.3 is 30.0 Å². The second kappa shape index (κ2) is 12.4. The van der Waals surface area contributed by atoms with Crippen molar-refractivity contribution in [1.29, 1.82) is 0 Å². The molecule has 2 aromatic carbocycles. The molecule has 0 saturated heterocycles. The Morgan fingerprint density at radius 2 is 1.39 bits per heavy atom. The van der Waals surface area contributed by atoms with Crippen LogP contribution in [0, 0.1) is 0 Å². The van der Waals surface area contributed by atoms with Gasteiger partial charge in [0.1, 0.15) is 24.3 Å². The van der Waals surface area contributed by atoms with Gasteiger partial charge in [-0.05, 0) is 62.3 Å². The van der Waals surface area contributed by atoms with E-state index < -0.39 is 41.8 Å². The minimum Gasteiger partial charge on any atom is -0.480 e. The fourth-order valence-corrected chi connectivity index (χ4v) is 4.41. The number of ether oxygens (including phenoxy) is 3. The Balaban J connectivity index is 1.56. The first kappa shape index (κ1) is 28.5. The fourth-order valence-electron chi connectivity index (χ4n) is 4.41. The van der Waals surface area contributed by atoms with Gasteiger partial charge in [-0.15, -0.1) is 0 Å². The molecule has 2 atom stereocenters. The summed E-state index contributed by atoms with van der Waals surface area (Å²) in [6.07, 6.45) is -1.36. The summed E-state index contributed by atoms with van der Waals surface area (Å²) in [4.78, 5) is 48.4. The number of amides is 2. The van der Waals surface area contributed by atoms with Crippen LogP contribution in [0.1, 0.15) is 57.1 Å². The molecular formula is C28H34N2O8. The number of carbonyl (C=O) groups excluding carboxylic acids is 3. The molecule has 0 heterocycles. The van der Waals surface area contributed by atoms with Crippen molar-refractivity contribution in [2.24, 2.45) is 0 Å². The van der Waals surface area contributed by atoms with Crippen LogP contribution in [-0.4, -0.2) is 60.6 Å². The minimum absolute atomic E-state index is 0.00837. The van der Waals surface area contributed by atoms with Gasteiger partial charge in [0.05, 0.1) is 7.11 Å². The quantitative estimate of drug-likeness (QED) is 0.309. The molecule has 3 N–H and O–H groups in total. The van der Waals surface area contributed by atoms with Crippen LogP contribution in [-0.2, 0) is 23.8 Å². The van der Waals surface area contributed by atoms with E-state index in [4.69, 9.17) is 14.2 Å². The number of nitrogens with one attached hydrogen (secondary N) is 2. The average Bonchev–Trinajstić information content (AvgIpc) is 3.18. The van der Waals surface area contributed by atoms with E-state index in [0.29, 0.717) is 0 Å². The summed E-state index contributed by atoms with van der Waals surface area (Å²) >= 11 is 0. The number of hydrogen-bond acceptors (Lipinski definition) is 7. The molecule has 38 heavy (non-hydrogen) atoms. The van der Waals surface area contributed by atoms with Crippen molar-refractivity contribution in [2.45, 2.75) is 63.6 Å². The van der Waals surface area contributed by atoms with Crippen molar-refractivity contribution >= 4 is 24.1 Å². The number of carbonyl (C=O) groups is 4. The lowest BCUT2D eigenvalue weighted by molar-refractivity contribution is -0.143. The number of fused-ring (bicyclic) bond motifs is 3. The molecule has 2 aromatic rings. The molecule has 0 fully saturated rings. The van der Waals surface area contributed by atoms with E-state index in [1.165, 1.54) is 7.11 Å². The average molecular weight is 527 g/mol. The summed E-state index contributed by atoms with van der Waals surface area (Å²) in [6, 6.07) is 13.6. The van der Waals surface area contributed by atoms with E-state index in [0.717, 1.165) is 22.3 Å². The Hall–Kier alpha value is -4.08. The first-order chi connectivity index (χ1) is 18.0. The molecule has 0 radical (unpaired) electrons. The molecule has 0 bridgehead atoms. The molecule has 0 saturated carbocycles. The van der Waals surface area contributed by atoms with Crippen LogP contribution in [0.2, 0.25) is 0 Å². The molecule has 1 aliphatic carbocycles. The zero-order chi connectivity index (χ0) is 27.9. The highest BCUT2D eigenvalue weighted by Crippen LogP contribution is 2.44. The van der Waals surface area contributed by atoms with E-state index in [-0.39, 0.29) is 31.8 Å². The highest BCUT2D eigenvalue weighted by molar-refractivity contribution is 5.82. The van der Waals surface area contributed by atoms with Crippen LogP contribution in [0.4, 0.5) is 9.59 Å². The zero-order valence-corrected chi connectivity index (χ0v) is 22.0. The number of rotatable bonds is 10. The molecule has 10 nitrogen and oxygen atoms in total. The third-order valence-corrected chi connectivity index (χ3v) is 6.10. The molecule has 0 aromatic heterocycles. The van der Waals surface area contributed by atoms with Gasteiger partial charge >= 0.3 is 24.1 Å². The van der Waals surface area contributed by atoms with Crippen LogP contribution in [0.5, 0.6) is 0 Å². The number of hydrogen-bond donors (Lipinski definition) is 3. The molecule has 3 rings (SSSR count). The maximum atomic E-state index is 12.6. The number of carboxylic acids is 1. The first-order valence-corrected chi connectivity index (χ1v) is 12.4. The summed E-state index contributed by atoms with van der Waals surface area (Å²) in [5.74, 6) is -2.07. The van der Waals surface area contributed by atoms with Gasteiger partial charge in [-0.25, -0.2) is 19.2 Å². The number of alkyl carbamates (subject to hydrolysis) is 2. The lowest BCUT2D eigenvalue weighted by Gasteiger charge is -2.22. The third-order valence-electron chi connectivity index (χ3n) is 6.10. The summed E-state index contributed by atoms with van der Waals surface area (Å²) < 4.78 is 15.4. The van der Waals surface area contributed by atoms with Gasteiger partial charge in [0, 0.05) is 5.92 Å². The Bertz CT molecular complexity index is 1130. The van der Waals surface area contributed by atoms with Gasteiger partial charge in [-0.2, -0.15) is 0 Å². The second-order valence-electron chi connectivity index (χ2n) is 10.0. The first-order valence-electron chi connectivity index (χ1n) is 12.4. The van der Waals surface area contributed by atoms with E-state index in [2.05, 4.69) is 10.6 Å². The summed E-state index contributed by atoms with van der Waals surface area (Å²) in [5.41, 5.74) is 3.53. The number of methoxy groups -OCH3 is 1. The predicted octanol–water partition coefficient (Wildman–Crippen LogP) is 4.21. The smallest absolute Gasteiger partial charge is 0.408 e. The summed E-state index contributed by atoms with van der Waals surface area (Å²) in [6.45, 7) is 5.07. The van der Waals surface area contributed by atoms with E-state index >= 15 is 0 Å². The van der Waals surface area contributed by atoms with Crippen LogP contribution < -0.4 is 10.6 Å². The van der Waals surface area contributed by atoms with Gasteiger partial charge in [0.15, 0.2) is 0 Å². The largest absolute Gasteiger partial charge is 0.480 e. The topological polar surface area (TPSA) is 140 Å². The normalized spacial score (nSPS) is 13.9. The summed E-state index contributed by atoms with van der Waals surface area (Å²) in [5, 5.41) is 14.3. The lowest BCUT2D eigenvalue weighted by Crippen LogP contribution is -2.44. The number of carboxylic acid groups (broad SMARTS) is 1. The second-order valence-corrected chi connectivity index (χ2v) is 10.0. The maximum absolute atomic E-state index is 12.6. The van der Waals surface area contributed by atoms with Crippen LogP contribution in [0.15, 0.2) is 48.5 Å². The Kier molecular flexibility index (Phi) is 9.33. The molecule has 0 spiro atoms. The number of benzene rings is 2. The van der Waals surface area contributed by atoms with Crippen molar-refractivity contribution in [3.8, 4) is 11.1 Å². The predicted molar refractivity (Wildman–Crippen MR) is 139 cm³/mol. The van der Waals surface area contributed by atoms with Crippen molar-refractivity contribution in [2.75, 3.05) is 13.7 Å². The van der Waals surface area contributed by atoms with Crippen LogP contribution >= 0.6 is 0 Å². The third kappa shape index (κ3) is 7.47. The Morgan fingerprint density at radius 3 is 1.92 bits per heavy atom. The van der Waals surface area contributed by atoms with Crippen molar-refractivity contribution < 1.29 is 38.5 Å². The minimum atomic E-state index is -1.24. The van der Waals surface area contributed by atoms with E-state index in [9.17, 15) is 24.3 Å². The number of esters is 1. The standard InChI is InChI=1S/C28H34N2O8/c1-28(2,3)38-27(35)29-22(24(31)32)14-9-15-23(25(33)36-4)30-26(34)37-16-21-19-12-7-5-10-17(19)18-11-6-8-13-20(18)21/h5-8,10-13,21-23H,9,14-16H2,1-4H3,(H,29,35)(H,30,34)(H,31,32)/t22-,23+/m0/s1. The van der Waals surface area contributed by atoms with Gasteiger partial charge in [0.25, 0.3) is 0 Å². The lowest BCUT2D eigenvalue weighted by atomic mass is 9.98. The molecular weight excluding hydrogens is 492 g/mol. The van der Waals surface area contributed by atoms with Crippen molar-refractivity contribution in [1.82, 2.24) is 10.6 Å².